The zero-order valence-electron chi connectivity index (χ0n) is 13.9. The van der Waals surface area contributed by atoms with E-state index in [1.807, 2.05) is 13.8 Å². The van der Waals surface area contributed by atoms with Crippen molar-refractivity contribution in [2.75, 3.05) is 13.1 Å². The quantitative estimate of drug-likeness (QED) is 0.876. The number of benzene rings is 1. The van der Waals surface area contributed by atoms with E-state index in [9.17, 15) is 14.0 Å². The fourth-order valence-corrected chi connectivity index (χ4v) is 3.11. The molecule has 0 spiro atoms. The molecule has 1 aromatic rings. The molecular formula is C18H25FN2O2. The molecule has 1 aromatic carbocycles. The molecule has 0 aliphatic heterocycles. The summed E-state index contributed by atoms with van der Waals surface area (Å²) in [5, 5.41) is 2.79. The van der Waals surface area contributed by atoms with E-state index in [1.165, 1.54) is 12.1 Å². The molecule has 1 saturated carbocycles. The van der Waals surface area contributed by atoms with Crippen LogP contribution in [0.5, 0.6) is 0 Å². The highest BCUT2D eigenvalue weighted by atomic mass is 19.1. The lowest BCUT2D eigenvalue weighted by molar-refractivity contribution is -0.143. The summed E-state index contributed by atoms with van der Waals surface area (Å²) in [4.78, 5) is 26.4. The molecule has 0 aromatic heterocycles. The van der Waals surface area contributed by atoms with Gasteiger partial charge in [-0.25, -0.2) is 4.39 Å². The van der Waals surface area contributed by atoms with E-state index >= 15 is 0 Å². The smallest absolute Gasteiger partial charge is 0.239 e. The summed E-state index contributed by atoms with van der Waals surface area (Å²) in [5.41, 5.74) is 0.518. The lowest BCUT2D eigenvalue weighted by Gasteiger charge is -2.30. The van der Waals surface area contributed by atoms with E-state index in [4.69, 9.17) is 0 Å². The third-order valence-electron chi connectivity index (χ3n) is 4.63. The molecule has 126 valence electrons. The van der Waals surface area contributed by atoms with Crippen LogP contribution in [0.2, 0.25) is 0 Å². The number of amides is 2. The molecule has 2 rings (SSSR count). The summed E-state index contributed by atoms with van der Waals surface area (Å²) in [6.07, 6.45) is 3.96. The number of carbonyl (C=O) groups is 2. The summed E-state index contributed by atoms with van der Waals surface area (Å²) in [6.45, 7) is 4.83. The summed E-state index contributed by atoms with van der Waals surface area (Å²) < 4.78 is 12.8. The number of nitrogens with zero attached hydrogens (tertiary/aromatic N) is 1. The van der Waals surface area contributed by atoms with Gasteiger partial charge in [-0.15, -0.1) is 0 Å². The lowest BCUT2D eigenvalue weighted by atomic mass is 9.87. The normalized spacial score (nSPS) is 16.1. The molecule has 4 nitrogen and oxygen atoms in total. The standard InChI is InChI=1S/C18H25FN2O2/c1-3-21(17(23)18(2)10-4-5-11-18)13-16(22)20-12-14-6-8-15(19)9-7-14/h6-9H,3-5,10-13H2,1-2H3,(H,20,22). The first-order valence-electron chi connectivity index (χ1n) is 8.25. The van der Waals surface area contributed by atoms with Crippen LogP contribution < -0.4 is 5.32 Å². The summed E-state index contributed by atoms with van der Waals surface area (Å²) in [6, 6.07) is 6.00. The van der Waals surface area contributed by atoms with Crippen LogP contribution in [-0.2, 0) is 16.1 Å². The van der Waals surface area contributed by atoms with Crippen LogP contribution in [0.3, 0.4) is 0 Å². The van der Waals surface area contributed by atoms with Gasteiger partial charge in [0.1, 0.15) is 5.82 Å². The second-order valence-corrected chi connectivity index (χ2v) is 6.49. The van der Waals surface area contributed by atoms with Gasteiger partial charge in [-0.2, -0.15) is 0 Å². The zero-order chi connectivity index (χ0) is 16.9. The first-order valence-corrected chi connectivity index (χ1v) is 8.25. The zero-order valence-corrected chi connectivity index (χ0v) is 13.9. The van der Waals surface area contributed by atoms with Crippen LogP contribution in [0.4, 0.5) is 4.39 Å². The number of likely N-dealkylation sites (N-methyl/N-ethyl adjacent to an activating group) is 1. The first-order chi connectivity index (χ1) is 10.9. The minimum absolute atomic E-state index is 0.0755. The third kappa shape index (κ3) is 4.53. The number of halogens is 1. The highest BCUT2D eigenvalue weighted by Crippen LogP contribution is 2.39. The topological polar surface area (TPSA) is 49.4 Å². The maximum absolute atomic E-state index is 12.8. The van der Waals surface area contributed by atoms with Crippen molar-refractivity contribution in [3.05, 3.63) is 35.6 Å². The van der Waals surface area contributed by atoms with Crippen LogP contribution in [-0.4, -0.2) is 29.8 Å². The largest absolute Gasteiger partial charge is 0.350 e. The lowest BCUT2D eigenvalue weighted by Crippen LogP contribution is -2.46. The van der Waals surface area contributed by atoms with E-state index in [0.717, 1.165) is 31.2 Å². The van der Waals surface area contributed by atoms with Gasteiger partial charge in [-0.3, -0.25) is 9.59 Å². The number of carbonyl (C=O) groups excluding carboxylic acids is 2. The molecule has 2 amide bonds. The van der Waals surface area contributed by atoms with Gasteiger partial charge in [0, 0.05) is 18.5 Å². The molecule has 1 N–H and O–H groups in total. The van der Waals surface area contributed by atoms with Crippen molar-refractivity contribution in [1.29, 1.82) is 0 Å². The molecule has 0 bridgehead atoms. The molecule has 0 heterocycles. The molecule has 0 radical (unpaired) electrons. The van der Waals surface area contributed by atoms with Crippen LogP contribution >= 0.6 is 0 Å². The Bertz CT molecular complexity index is 551. The van der Waals surface area contributed by atoms with Crippen molar-refractivity contribution in [1.82, 2.24) is 10.2 Å². The predicted octanol–water partition coefficient (Wildman–Crippen LogP) is 2.87. The van der Waals surface area contributed by atoms with Gasteiger partial charge in [0.15, 0.2) is 0 Å². The molecule has 5 heteroatoms. The van der Waals surface area contributed by atoms with Gasteiger partial charge < -0.3 is 10.2 Å². The van der Waals surface area contributed by atoms with Crippen LogP contribution in [0.1, 0.15) is 45.1 Å². The number of hydrogen-bond donors (Lipinski definition) is 1. The Morgan fingerprint density at radius 1 is 1.22 bits per heavy atom. The average Bonchev–Trinajstić information content (AvgIpc) is 2.99. The Hall–Kier alpha value is -1.91. The van der Waals surface area contributed by atoms with Crippen LogP contribution in [0, 0.1) is 11.2 Å². The Morgan fingerprint density at radius 3 is 2.39 bits per heavy atom. The van der Waals surface area contributed by atoms with E-state index in [2.05, 4.69) is 5.32 Å². The number of hydrogen-bond acceptors (Lipinski definition) is 2. The first kappa shape index (κ1) is 17.4. The van der Waals surface area contributed by atoms with Crippen LogP contribution in [0.15, 0.2) is 24.3 Å². The minimum Gasteiger partial charge on any atom is -0.350 e. The second kappa shape index (κ2) is 7.57. The summed E-state index contributed by atoms with van der Waals surface area (Å²) >= 11 is 0. The van der Waals surface area contributed by atoms with Crippen molar-refractivity contribution < 1.29 is 14.0 Å². The SMILES string of the molecule is CCN(CC(=O)NCc1ccc(F)cc1)C(=O)C1(C)CCCC1. The van der Waals surface area contributed by atoms with E-state index < -0.39 is 0 Å². The van der Waals surface area contributed by atoms with Crippen molar-refractivity contribution in [3.8, 4) is 0 Å². The van der Waals surface area contributed by atoms with E-state index in [-0.39, 0.29) is 29.6 Å². The van der Waals surface area contributed by atoms with Gasteiger partial charge in [0.05, 0.1) is 6.54 Å². The Balaban J connectivity index is 1.86. The average molecular weight is 320 g/mol. The van der Waals surface area contributed by atoms with Gasteiger partial charge in [-0.1, -0.05) is 31.9 Å². The van der Waals surface area contributed by atoms with Crippen molar-refractivity contribution >= 4 is 11.8 Å². The Labute approximate surface area is 137 Å². The molecule has 0 unspecified atom stereocenters. The summed E-state index contributed by atoms with van der Waals surface area (Å²) in [7, 11) is 0. The predicted molar refractivity (Wildman–Crippen MR) is 87.1 cm³/mol. The van der Waals surface area contributed by atoms with Gasteiger partial charge in [0.25, 0.3) is 0 Å². The van der Waals surface area contributed by atoms with Gasteiger partial charge in [-0.05, 0) is 37.5 Å². The molecule has 1 fully saturated rings. The van der Waals surface area contributed by atoms with E-state index in [1.54, 1.807) is 17.0 Å². The second-order valence-electron chi connectivity index (χ2n) is 6.49. The Morgan fingerprint density at radius 2 is 1.83 bits per heavy atom. The number of rotatable bonds is 6. The molecular weight excluding hydrogens is 295 g/mol. The molecule has 0 atom stereocenters. The maximum atomic E-state index is 12.8. The molecule has 23 heavy (non-hydrogen) atoms. The van der Waals surface area contributed by atoms with Crippen molar-refractivity contribution in [2.45, 2.75) is 46.1 Å². The third-order valence-corrected chi connectivity index (χ3v) is 4.63. The number of nitrogens with one attached hydrogen (secondary N) is 1. The van der Waals surface area contributed by atoms with Crippen molar-refractivity contribution in [3.63, 3.8) is 0 Å². The van der Waals surface area contributed by atoms with Crippen molar-refractivity contribution in [2.24, 2.45) is 5.41 Å². The van der Waals surface area contributed by atoms with Gasteiger partial charge >= 0.3 is 0 Å². The molecule has 1 aliphatic carbocycles. The van der Waals surface area contributed by atoms with Crippen LogP contribution in [0.25, 0.3) is 0 Å². The fraction of sp³-hybridized carbons (Fsp3) is 0.556. The molecule has 1 aliphatic rings. The van der Waals surface area contributed by atoms with E-state index in [0.29, 0.717) is 13.1 Å². The minimum atomic E-state index is -0.312. The maximum Gasteiger partial charge on any atom is 0.239 e. The Kier molecular flexibility index (Phi) is 5.74. The highest BCUT2D eigenvalue weighted by molar-refractivity contribution is 5.87. The monoisotopic (exact) mass is 320 g/mol. The molecule has 0 saturated heterocycles. The highest BCUT2D eigenvalue weighted by Gasteiger charge is 2.39. The fourth-order valence-electron chi connectivity index (χ4n) is 3.11. The van der Waals surface area contributed by atoms with Gasteiger partial charge in [0.2, 0.25) is 11.8 Å². The summed E-state index contributed by atoms with van der Waals surface area (Å²) in [5.74, 6) is -0.409.